The van der Waals surface area contributed by atoms with Crippen LogP contribution in [-0.4, -0.2) is 65.2 Å². The number of aliphatic hydroxyl groups excluding tert-OH is 2. The molecule has 0 bridgehead atoms. The number of hydrogen-bond acceptors (Lipinski definition) is 10. The van der Waals surface area contributed by atoms with Crippen LogP contribution in [0, 0.1) is 0 Å². The Kier molecular flexibility index (Phi) is 5.40. The number of ether oxygens (including phenoxy) is 2. The summed E-state index contributed by atoms with van der Waals surface area (Å²) in [6, 6.07) is 6.96. The lowest BCUT2D eigenvalue weighted by molar-refractivity contribution is -0.271. The Morgan fingerprint density at radius 3 is 2.61 bits per heavy atom. The van der Waals surface area contributed by atoms with Crippen molar-refractivity contribution in [3.05, 3.63) is 42.5 Å². The van der Waals surface area contributed by atoms with Gasteiger partial charge in [-0.25, -0.2) is 15.0 Å². The van der Waals surface area contributed by atoms with Crippen molar-refractivity contribution >= 4 is 22.8 Å². The third-order valence-corrected chi connectivity index (χ3v) is 5.88. The van der Waals surface area contributed by atoms with Gasteiger partial charge in [0.1, 0.15) is 30.0 Å². The maximum absolute atomic E-state index is 13.2. The van der Waals surface area contributed by atoms with Crippen molar-refractivity contribution in [2.45, 2.75) is 56.8 Å². The topological polar surface area (TPSA) is 166 Å². The van der Waals surface area contributed by atoms with Gasteiger partial charge in [0.05, 0.1) is 6.61 Å². The molecule has 0 radical (unpaired) electrons. The highest BCUT2D eigenvalue weighted by Gasteiger charge is 2.72. The van der Waals surface area contributed by atoms with Crippen LogP contribution in [0.2, 0.25) is 0 Å². The molecule has 11 nitrogen and oxygen atoms in total. The van der Waals surface area contributed by atoms with Crippen LogP contribution in [0.25, 0.3) is 11.2 Å². The number of anilines is 1. The second-order valence-corrected chi connectivity index (χ2v) is 9.07. The van der Waals surface area contributed by atoms with Gasteiger partial charge in [-0.1, -0.05) is 39.0 Å². The number of carbonyl (C=O) groups excluding carboxylic acids is 1. The lowest BCUT2D eigenvalue weighted by Crippen LogP contribution is -2.64. The largest absolute Gasteiger partial charge is 0.454 e. The number of rotatable bonds is 5. The van der Waals surface area contributed by atoms with E-state index in [9.17, 15) is 20.1 Å². The number of ketones is 1. The summed E-state index contributed by atoms with van der Waals surface area (Å²) in [7, 11) is 0. The first-order chi connectivity index (χ1) is 15.5. The average Bonchev–Trinajstić information content (AvgIpc) is 3.27. The number of nitrogens with zero attached hydrogens (tertiary/aromatic N) is 4. The van der Waals surface area contributed by atoms with Crippen LogP contribution in [-0.2, 0) is 20.7 Å². The van der Waals surface area contributed by atoms with Gasteiger partial charge in [0.15, 0.2) is 23.4 Å². The summed E-state index contributed by atoms with van der Waals surface area (Å²) < 4.78 is 13.1. The summed E-state index contributed by atoms with van der Waals surface area (Å²) in [5, 5.41) is 32.9. The SMILES string of the molecule is CC(=O)[C@@]1(n2cnc3c(N)ncnc32)O[C@H](CO)[C@@H](O)[C@]1(O)Oc1ccccc1C(C)(C)C. The zero-order valence-electron chi connectivity index (χ0n) is 18.8. The van der Waals surface area contributed by atoms with Gasteiger partial charge in [-0.2, -0.15) is 0 Å². The molecule has 1 fully saturated rings. The molecular weight excluding hydrogens is 430 g/mol. The van der Waals surface area contributed by atoms with Crippen LogP contribution in [0.4, 0.5) is 5.82 Å². The Hall–Kier alpha value is -3.12. The zero-order valence-corrected chi connectivity index (χ0v) is 18.8. The highest BCUT2D eigenvalue weighted by atomic mass is 16.7. The molecular formula is C22H27N5O6. The van der Waals surface area contributed by atoms with E-state index in [2.05, 4.69) is 15.0 Å². The second-order valence-electron chi connectivity index (χ2n) is 9.07. The summed E-state index contributed by atoms with van der Waals surface area (Å²) in [5.74, 6) is -3.10. The van der Waals surface area contributed by atoms with Gasteiger partial charge in [-0.15, -0.1) is 0 Å². The van der Waals surface area contributed by atoms with Crippen LogP contribution in [0.3, 0.4) is 0 Å². The molecule has 1 aromatic carbocycles. The van der Waals surface area contributed by atoms with Gasteiger partial charge in [0.2, 0.25) is 0 Å². The minimum atomic E-state index is -2.67. The Bertz CT molecular complexity index is 1210. The summed E-state index contributed by atoms with van der Waals surface area (Å²) in [6.07, 6.45) is -0.783. The van der Waals surface area contributed by atoms with Crippen molar-refractivity contribution in [2.75, 3.05) is 12.3 Å². The van der Waals surface area contributed by atoms with E-state index in [1.54, 1.807) is 12.1 Å². The van der Waals surface area contributed by atoms with E-state index in [-0.39, 0.29) is 22.7 Å². The molecule has 2 aromatic heterocycles. The number of fused-ring (bicyclic) bond motifs is 1. The number of aliphatic hydroxyl groups is 3. The summed E-state index contributed by atoms with van der Waals surface area (Å²) in [5.41, 5.74) is 4.12. The Balaban J connectivity index is 1.98. The molecule has 4 atom stereocenters. The molecule has 1 aliphatic heterocycles. The van der Waals surface area contributed by atoms with Crippen molar-refractivity contribution < 1.29 is 29.6 Å². The molecule has 3 aromatic rings. The van der Waals surface area contributed by atoms with Crippen LogP contribution in [0.1, 0.15) is 33.3 Å². The van der Waals surface area contributed by atoms with Crippen LogP contribution < -0.4 is 10.5 Å². The fraction of sp³-hybridized carbons (Fsp3) is 0.455. The molecule has 11 heteroatoms. The maximum Gasteiger partial charge on any atom is 0.293 e. The fourth-order valence-electron chi connectivity index (χ4n) is 4.25. The summed E-state index contributed by atoms with van der Waals surface area (Å²) >= 11 is 0. The van der Waals surface area contributed by atoms with Crippen molar-refractivity contribution in [3.8, 4) is 5.75 Å². The van der Waals surface area contributed by atoms with Crippen molar-refractivity contribution in [3.63, 3.8) is 0 Å². The van der Waals surface area contributed by atoms with Gasteiger partial charge in [-0.3, -0.25) is 9.36 Å². The van der Waals surface area contributed by atoms with Crippen molar-refractivity contribution in [2.24, 2.45) is 0 Å². The Labute approximate surface area is 189 Å². The smallest absolute Gasteiger partial charge is 0.293 e. The van der Waals surface area contributed by atoms with E-state index in [1.165, 1.54) is 19.6 Å². The van der Waals surface area contributed by atoms with E-state index in [0.29, 0.717) is 0 Å². The lowest BCUT2D eigenvalue weighted by Gasteiger charge is -2.40. The molecule has 0 unspecified atom stereocenters. The number of carbonyl (C=O) groups is 1. The van der Waals surface area contributed by atoms with Crippen LogP contribution in [0.15, 0.2) is 36.9 Å². The number of para-hydroxylation sites is 1. The Morgan fingerprint density at radius 1 is 1.27 bits per heavy atom. The summed E-state index contributed by atoms with van der Waals surface area (Å²) in [4.78, 5) is 25.4. The van der Waals surface area contributed by atoms with E-state index < -0.39 is 41.5 Å². The number of nitrogens with two attached hydrogens (primary N) is 1. The number of benzene rings is 1. The van der Waals surface area contributed by atoms with E-state index >= 15 is 0 Å². The summed E-state index contributed by atoms with van der Waals surface area (Å²) in [6.45, 7) is 6.36. The Morgan fingerprint density at radius 2 is 1.97 bits per heavy atom. The molecule has 33 heavy (non-hydrogen) atoms. The predicted molar refractivity (Wildman–Crippen MR) is 117 cm³/mol. The second kappa shape index (κ2) is 7.73. The first-order valence-electron chi connectivity index (χ1n) is 10.4. The molecule has 0 aliphatic carbocycles. The standard InChI is InChI=1S/C22H27N5O6/c1-12(29)21(27-11-26-16-18(23)24-10-25-19(16)27)22(31,17(30)15(9-28)32-21)33-14-8-6-5-7-13(14)20(2,3)4/h5-8,10-11,15,17,28,30-31H,9H2,1-4H3,(H2,23,24,25)/t15-,17-,21-,22+/m1/s1. The normalized spacial score (nSPS) is 27.7. The number of imidazole rings is 1. The molecule has 176 valence electrons. The predicted octanol–water partition coefficient (Wildman–Crippen LogP) is 0.467. The molecule has 5 N–H and O–H groups in total. The van der Waals surface area contributed by atoms with Gasteiger partial charge in [-0.05, 0) is 24.0 Å². The molecule has 0 saturated carbocycles. The molecule has 4 rings (SSSR count). The third-order valence-electron chi connectivity index (χ3n) is 5.88. The minimum Gasteiger partial charge on any atom is -0.454 e. The van der Waals surface area contributed by atoms with Crippen LogP contribution >= 0.6 is 0 Å². The fourth-order valence-corrected chi connectivity index (χ4v) is 4.25. The monoisotopic (exact) mass is 457 g/mol. The zero-order chi connectivity index (χ0) is 24.2. The highest BCUT2D eigenvalue weighted by Crippen LogP contribution is 2.48. The maximum atomic E-state index is 13.2. The van der Waals surface area contributed by atoms with E-state index in [4.69, 9.17) is 15.2 Å². The first kappa shape index (κ1) is 23.1. The molecule has 0 spiro atoms. The molecule has 1 saturated heterocycles. The minimum absolute atomic E-state index is 0.0530. The highest BCUT2D eigenvalue weighted by molar-refractivity contribution is 5.88. The number of Topliss-reactive ketones (excluding diaryl/α,β-unsaturated/α-hetero) is 1. The molecule has 1 aliphatic rings. The van der Waals surface area contributed by atoms with Gasteiger partial charge in [0, 0.05) is 0 Å². The first-order valence-corrected chi connectivity index (χ1v) is 10.4. The number of aromatic nitrogens is 4. The van der Waals surface area contributed by atoms with Gasteiger partial charge < -0.3 is 30.5 Å². The molecule has 0 amide bonds. The third kappa shape index (κ3) is 3.27. The van der Waals surface area contributed by atoms with Gasteiger partial charge in [0.25, 0.3) is 11.5 Å². The molecule has 3 heterocycles. The van der Waals surface area contributed by atoms with Gasteiger partial charge >= 0.3 is 0 Å². The van der Waals surface area contributed by atoms with E-state index in [0.717, 1.165) is 10.1 Å². The van der Waals surface area contributed by atoms with E-state index in [1.807, 2.05) is 32.9 Å². The van der Waals surface area contributed by atoms with Crippen molar-refractivity contribution in [1.82, 2.24) is 19.5 Å². The lowest BCUT2D eigenvalue weighted by atomic mass is 9.86. The quantitative estimate of drug-likeness (QED) is 0.396. The number of hydrogen-bond donors (Lipinski definition) is 4. The number of nitrogen functional groups attached to an aromatic ring is 1. The average molecular weight is 457 g/mol. The van der Waals surface area contributed by atoms with Crippen LogP contribution in [0.5, 0.6) is 5.75 Å². The van der Waals surface area contributed by atoms with Crippen molar-refractivity contribution in [1.29, 1.82) is 0 Å².